The summed E-state index contributed by atoms with van der Waals surface area (Å²) in [6, 6.07) is 15.2. The third-order valence-electron chi connectivity index (χ3n) is 4.31. The zero-order chi connectivity index (χ0) is 19.8. The van der Waals surface area contributed by atoms with Crippen LogP contribution in [0.3, 0.4) is 0 Å². The number of sulfone groups is 1. The molecular formula is C20H18ClNO4S. The highest BCUT2D eigenvalue weighted by atomic mass is 35.5. The molecule has 1 heterocycles. The van der Waals surface area contributed by atoms with Gasteiger partial charge in [0.05, 0.1) is 16.2 Å². The minimum atomic E-state index is -3.39. The van der Waals surface area contributed by atoms with Crippen LogP contribution in [-0.2, 0) is 16.3 Å². The lowest BCUT2D eigenvalue weighted by Crippen LogP contribution is -2.07. The number of aromatic carboxylic acids is 1. The zero-order valence-electron chi connectivity index (χ0n) is 14.8. The molecule has 5 nitrogen and oxygen atoms in total. The van der Waals surface area contributed by atoms with Gasteiger partial charge in [-0.3, -0.25) is 0 Å². The summed E-state index contributed by atoms with van der Waals surface area (Å²) in [4.78, 5) is 11.9. The Morgan fingerprint density at radius 2 is 1.78 bits per heavy atom. The van der Waals surface area contributed by atoms with Gasteiger partial charge in [-0.15, -0.1) is 0 Å². The highest BCUT2D eigenvalue weighted by molar-refractivity contribution is 7.90. The number of hydrogen-bond donors (Lipinski definition) is 1. The molecule has 0 atom stereocenters. The highest BCUT2D eigenvalue weighted by Crippen LogP contribution is 2.32. The van der Waals surface area contributed by atoms with Crippen molar-refractivity contribution in [2.45, 2.75) is 18.2 Å². The Labute approximate surface area is 162 Å². The van der Waals surface area contributed by atoms with E-state index >= 15 is 0 Å². The van der Waals surface area contributed by atoms with E-state index in [9.17, 15) is 18.3 Å². The first kappa shape index (κ1) is 19.2. The summed E-state index contributed by atoms with van der Waals surface area (Å²) < 4.78 is 25.7. The second-order valence-corrected chi connectivity index (χ2v) is 8.61. The van der Waals surface area contributed by atoms with Gasteiger partial charge in [0.2, 0.25) is 0 Å². The molecule has 3 rings (SSSR count). The second-order valence-electron chi connectivity index (χ2n) is 6.16. The van der Waals surface area contributed by atoms with E-state index in [0.717, 1.165) is 11.8 Å². The summed E-state index contributed by atoms with van der Waals surface area (Å²) in [7, 11) is -3.39. The molecule has 0 radical (unpaired) electrons. The van der Waals surface area contributed by atoms with Gasteiger partial charge in [-0.2, -0.15) is 0 Å². The molecule has 2 aromatic carbocycles. The van der Waals surface area contributed by atoms with E-state index in [4.69, 9.17) is 11.6 Å². The first-order chi connectivity index (χ1) is 12.7. The van der Waals surface area contributed by atoms with Gasteiger partial charge in [0.15, 0.2) is 9.84 Å². The molecule has 27 heavy (non-hydrogen) atoms. The van der Waals surface area contributed by atoms with Crippen molar-refractivity contribution in [3.8, 4) is 16.9 Å². The average molecular weight is 404 g/mol. The lowest BCUT2D eigenvalue weighted by molar-refractivity contribution is 0.0695. The van der Waals surface area contributed by atoms with Crippen LogP contribution in [0.4, 0.5) is 0 Å². The van der Waals surface area contributed by atoms with E-state index in [-0.39, 0.29) is 10.5 Å². The Balaban J connectivity index is 2.33. The van der Waals surface area contributed by atoms with E-state index in [0.29, 0.717) is 28.5 Å². The third-order valence-corrected chi connectivity index (χ3v) is 5.67. The topological polar surface area (TPSA) is 76.4 Å². The number of hydrogen-bond acceptors (Lipinski definition) is 3. The number of nitrogens with zero attached hydrogens (tertiary/aromatic N) is 1. The monoisotopic (exact) mass is 403 g/mol. The van der Waals surface area contributed by atoms with E-state index in [1.807, 2.05) is 6.92 Å². The molecule has 7 heteroatoms. The fraction of sp³-hybridized carbons (Fsp3) is 0.150. The SMILES string of the molecule is CCc1c(C(=O)O)cc(-c2ccc(Cl)cc2)n1-c1cccc(S(C)(=O)=O)c1. The Morgan fingerprint density at radius 1 is 1.11 bits per heavy atom. The molecule has 0 amide bonds. The number of carboxylic acids is 1. The summed E-state index contributed by atoms with van der Waals surface area (Å²) in [5.41, 5.74) is 2.82. The van der Waals surface area contributed by atoms with Gasteiger partial charge >= 0.3 is 5.97 Å². The van der Waals surface area contributed by atoms with Crippen LogP contribution in [0.1, 0.15) is 23.0 Å². The van der Waals surface area contributed by atoms with Crippen molar-refractivity contribution in [1.29, 1.82) is 0 Å². The molecule has 0 aliphatic carbocycles. The number of rotatable bonds is 5. The van der Waals surface area contributed by atoms with Crippen molar-refractivity contribution in [2.75, 3.05) is 6.26 Å². The largest absolute Gasteiger partial charge is 0.478 e. The predicted octanol–water partition coefficient (Wildman–Crippen LogP) is 4.46. The first-order valence-electron chi connectivity index (χ1n) is 8.26. The molecule has 140 valence electrons. The lowest BCUT2D eigenvalue weighted by atomic mass is 10.1. The average Bonchev–Trinajstić information content (AvgIpc) is 3.01. The molecular weight excluding hydrogens is 386 g/mol. The van der Waals surface area contributed by atoms with Crippen molar-refractivity contribution < 1.29 is 18.3 Å². The molecule has 0 fully saturated rings. The molecule has 0 unspecified atom stereocenters. The van der Waals surface area contributed by atoms with Crippen LogP contribution >= 0.6 is 11.6 Å². The maximum Gasteiger partial charge on any atom is 0.337 e. The van der Waals surface area contributed by atoms with E-state index in [1.54, 1.807) is 53.1 Å². The molecule has 0 saturated carbocycles. The van der Waals surface area contributed by atoms with E-state index in [1.165, 1.54) is 6.07 Å². The zero-order valence-corrected chi connectivity index (χ0v) is 16.4. The normalized spacial score (nSPS) is 11.5. The summed E-state index contributed by atoms with van der Waals surface area (Å²) >= 11 is 5.97. The van der Waals surface area contributed by atoms with Gasteiger partial charge in [0.1, 0.15) is 0 Å². The van der Waals surface area contributed by atoms with Crippen LogP contribution in [0.5, 0.6) is 0 Å². The summed E-state index contributed by atoms with van der Waals surface area (Å²) in [5.74, 6) is -1.03. The Kier molecular flexibility index (Phi) is 5.13. The molecule has 3 aromatic rings. The minimum Gasteiger partial charge on any atom is -0.478 e. The maximum atomic E-state index is 12.0. The van der Waals surface area contributed by atoms with Crippen molar-refractivity contribution in [1.82, 2.24) is 4.57 Å². The summed E-state index contributed by atoms with van der Waals surface area (Å²) in [6.07, 6.45) is 1.61. The van der Waals surface area contributed by atoms with Crippen LogP contribution < -0.4 is 0 Å². The molecule has 1 N–H and O–H groups in total. The van der Waals surface area contributed by atoms with Crippen LogP contribution in [0.15, 0.2) is 59.5 Å². The van der Waals surface area contributed by atoms with Crippen molar-refractivity contribution >= 4 is 27.4 Å². The summed E-state index contributed by atoms with van der Waals surface area (Å²) in [6.45, 7) is 1.87. The third kappa shape index (κ3) is 3.77. The standard InChI is InChI=1S/C20H18ClNO4S/c1-3-18-17(20(23)24)12-19(13-7-9-14(21)10-8-13)22(18)15-5-4-6-16(11-15)27(2,25)26/h4-12H,3H2,1-2H3,(H,23,24). The summed E-state index contributed by atoms with van der Waals surface area (Å²) in [5, 5.41) is 10.2. The van der Waals surface area contributed by atoms with Crippen LogP contribution in [0.2, 0.25) is 5.02 Å². The van der Waals surface area contributed by atoms with Crippen LogP contribution in [-0.4, -0.2) is 30.3 Å². The number of carboxylic acid groups (broad SMARTS) is 1. The van der Waals surface area contributed by atoms with Gasteiger partial charge < -0.3 is 9.67 Å². The number of benzene rings is 2. The van der Waals surface area contributed by atoms with Crippen molar-refractivity contribution in [3.63, 3.8) is 0 Å². The molecule has 0 aliphatic heterocycles. The number of aromatic nitrogens is 1. The highest BCUT2D eigenvalue weighted by Gasteiger charge is 2.21. The molecule has 0 bridgehead atoms. The van der Waals surface area contributed by atoms with Gasteiger partial charge in [-0.25, -0.2) is 13.2 Å². The van der Waals surface area contributed by atoms with E-state index < -0.39 is 15.8 Å². The van der Waals surface area contributed by atoms with Crippen LogP contribution in [0.25, 0.3) is 16.9 Å². The van der Waals surface area contributed by atoms with Gasteiger partial charge in [-0.1, -0.05) is 36.7 Å². The minimum absolute atomic E-state index is 0.176. The smallest absolute Gasteiger partial charge is 0.337 e. The Bertz CT molecular complexity index is 1120. The predicted molar refractivity (Wildman–Crippen MR) is 106 cm³/mol. The molecule has 1 aromatic heterocycles. The first-order valence-corrected chi connectivity index (χ1v) is 10.5. The molecule has 0 saturated heterocycles. The lowest BCUT2D eigenvalue weighted by Gasteiger charge is -2.14. The van der Waals surface area contributed by atoms with Crippen molar-refractivity contribution in [3.05, 3.63) is 70.9 Å². The molecule has 0 aliphatic rings. The quantitative estimate of drug-likeness (QED) is 0.682. The van der Waals surface area contributed by atoms with Gasteiger partial charge in [0.25, 0.3) is 0 Å². The fourth-order valence-electron chi connectivity index (χ4n) is 3.07. The fourth-order valence-corrected chi connectivity index (χ4v) is 3.85. The van der Waals surface area contributed by atoms with Gasteiger partial charge in [0, 0.05) is 22.7 Å². The number of carbonyl (C=O) groups is 1. The Hall–Kier alpha value is -2.57. The maximum absolute atomic E-state index is 12.0. The number of halogens is 1. The Morgan fingerprint density at radius 3 is 2.33 bits per heavy atom. The molecule has 0 spiro atoms. The van der Waals surface area contributed by atoms with Crippen molar-refractivity contribution in [2.24, 2.45) is 0 Å². The van der Waals surface area contributed by atoms with Crippen LogP contribution in [0, 0.1) is 0 Å². The second kappa shape index (κ2) is 7.21. The van der Waals surface area contributed by atoms with E-state index in [2.05, 4.69) is 0 Å². The van der Waals surface area contributed by atoms with Gasteiger partial charge in [-0.05, 0) is 48.4 Å².